The van der Waals surface area contributed by atoms with Gasteiger partial charge in [0.15, 0.2) is 5.12 Å². The summed E-state index contributed by atoms with van der Waals surface area (Å²) in [5, 5.41) is 3.81. The van der Waals surface area contributed by atoms with E-state index in [-0.39, 0.29) is 0 Å². The predicted octanol–water partition coefficient (Wildman–Crippen LogP) is 12.8. The maximum Gasteiger partial charge on any atom is 0.501 e. The van der Waals surface area contributed by atoms with Gasteiger partial charge in [0.25, 0.3) is 0 Å². The Balaban J connectivity index is 4.05. The third kappa shape index (κ3) is 31.8. The van der Waals surface area contributed by atoms with E-state index < -0.39 is 8.80 Å². The van der Waals surface area contributed by atoms with E-state index in [1.807, 2.05) is 20.9 Å². The number of thioether (sulfide) groups is 1. The van der Waals surface area contributed by atoms with Crippen molar-refractivity contribution >= 4 is 25.7 Å². The Bertz CT molecular complexity index is 635. The van der Waals surface area contributed by atoms with Gasteiger partial charge in [-0.1, -0.05) is 180 Å². The molecule has 282 valence electrons. The summed E-state index contributed by atoms with van der Waals surface area (Å²) >= 11 is 1.49. The van der Waals surface area contributed by atoms with Gasteiger partial charge in [0, 0.05) is 37.5 Å². The van der Waals surface area contributed by atoms with Crippen LogP contribution in [0.1, 0.15) is 207 Å². The SMILES string of the molecule is CCCCCCCCCCCCCCCCCCC(CO[Si](CCCSC(=O)CCCCCCCCCCC)(OCC)OCC)NC. The van der Waals surface area contributed by atoms with Gasteiger partial charge in [0.1, 0.15) is 0 Å². The van der Waals surface area contributed by atoms with E-state index in [2.05, 4.69) is 19.2 Å². The van der Waals surface area contributed by atoms with E-state index in [0.29, 0.717) is 37.4 Å². The van der Waals surface area contributed by atoms with Crippen LogP contribution in [0.3, 0.4) is 0 Å². The fourth-order valence-electron chi connectivity index (χ4n) is 6.39. The Morgan fingerprint density at radius 1 is 0.553 bits per heavy atom. The van der Waals surface area contributed by atoms with Crippen molar-refractivity contribution in [2.24, 2.45) is 0 Å². The van der Waals surface area contributed by atoms with Crippen molar-refractivity contribution < 1.29 is 18.1 Å². The molecule has 0 aromatic heterocycles. The van der Waals surface area contributed by atoms with E-state index in [4.69, 9.17) is 13.3 Å². The quantitative estimate of drug-likeness (QED) is 0.0508. The summed E-state index contributed by atoms with van der Waals surface area (Å²) in [5.41, 5.74) is 0. The largest absolute Gasteiger partial charge is 0.501 e. The van der Waals surface area contributed by atoms with Crippen molar-refractivity contribution in [3.8, 4) is 0 Å². The molecule has 0 aromatic carbocycles. The van der Waals surface area contributed by atoms with Gasteiger partial charge >= 0.3 is 8.80 Å². The maximum atomic E-state index is 12.4. The number of carbonyl (C=O) groups is 1. The van der Waals surface area contributed by atoms with Crippen molar-refractivity contribution in [2.45, 2.75) is 220 Å². The van der Waals surface area contributed by atoms with Gasteiger partial charge in [-0.3, -0.25) is 4.79 Å². The third-order valence-corrected chi connectivity index (χ3v) is 13.5. The molecule has 0 aliphatic heterocycles. The minimum absolute atomic E-state index is 0.321. The molecule has 0 radical (unpaired) electrons. The van der Waals surface area contributed by atoms with Gasteiger partial charge < -0.3 is 18.6 Å². The summed E-state index contributed by atoms with van der Waals surface area (Å²) < 4.78 is 18.9. The molecule has 0 bridgehead atoms. The van der Waals surface area contributed by atoms with Crippen LogP contribution in [-0.4, -0.2) is 52.6 Å². The lowest BCUT2D eigenvalue weighted by atomic mass is 10.0. The first-order chi connectivity index (χ1) is 23.1. The molecular formula is C40H83NO4SSi. The average Bonchev–Trinajstić information content (AvgIpc) is 3.07. The molecule has 0 spiro atoms. The minimum atomic E-state index is -2.76. The number of unbranched alkanes of at least 4 members (excludes halogenated alkanes) is 23. The van der Waals surface area contributed by atoms with Crippen molar-refractivity contribution in [1.82, 2.24) is 5.32 Å². The van der Waals surface area contributed by atoms with Gasteiger partial charge in [-0.2, -0.15) is 0 Å². The fraction of sp³-hybridized carbons (Fsp3) is 0.975. The molecule has 1 N–H and O–H groups in total. The highest BCUT2D eigenvalue weighted by Crippen LogP contribution is 2.22. The molecule has 0 aliphatic carbocycles. The second-order valence-electron chi connectivity index (χ2n) is 13.8. The molecule has 0 amide bonds. The van der Waals surface area contributed by atoms with E-state index in [9.17, 15) is 4.79 Å². The van der Waals surface area contributed by atoms with Crippen LogP contribution in [0.4, 0.5) is 0 Å². The molecule has 0 aliphatic rings. The number of hydrogen-bond donors (Lipinski definition) is 1. The molecule has 0 rings (SSSR count). The Morgan fingerprint density at radius 2 is 0.957 bits per heavy atom. The number of nitrogens with one attached hydrogen (secondary N) is 1. The molecule has 1 atom stereocenters. The number of rotatable bonds is 39. The summed E-state index contributed by atoms with van der Waals surface area (Å²) in [7, 11) is -0.713. The molecule has 7 heteroatoms. The first kappa shape index (κ1) is 47.1. The van der Waals surface area contributed by atoms with Gasteiger partial charge in [0.2, 0.25) is 0 Å². The number of hydrogen-bond acceptors (Lipinski definition) is 6. The Hall–Kier alpha value is 0.0769. The zero-order chi connectivity index (χ0) is 34.5. The van der Waals surface area contributed by atoms with Gasteiger partial charge in [-0.05, 0) is 40.2 Å². The first-order valence-electron chi connectivity index (χ1n) is 20.8. The van der Waals surface area contributed by atoms with Crippen molar-refractivity contribution in [3.05, 3.63) is 0 Å². The van der Waals surface area contributed by atoms with Crippen LogP contribution in [0.15, 0.2) is 0 Å². The van der Waals surface area contributed by atoms with Crippen LogP contribution >= 0.6 is 11.8 Å². The Morgan fingerprint density at radius 3 is 1.36 bits per heavy atom. The van der Waals surface area contributed by atoms with Crippen LogP contribution in [0.5, 0.6) is 0 Å². The molecule has 1 unspecified atom stereocenters. The standard InChI is InChI=1S/C40H83NO4SSi/c1-6-10-12-14-16-18-19-20-21-22-23-24-26-27-29-31-34-39(41-5)38-45-47(43-8-3,44-9-4)37-33-36-46-40(42)35-32-30-28-25-17-15-13-11-7-2/h39,41H,6-38H2,1-5H3. The summed E-state index contributed by atoms with van der Waals surface area (Å²) in [6.07, 6.45) is 36.7. The monoisotopic (exact) mass is 702 g/mol. The number of carbonyl (C=O) groups excluding carboxylic acids is 1. The molecule has 0 saturated carbocycles. The van der Waals surface area contributed by atoms with Crippen LogP contribution in [-0.2, 0) is 18.1 Å². The maximum absolute atomic E-state index is 12.4. The highest BCUT2D eigenvalue weighted by molar-refractivity contribution is 8.13. The van der Waals surface area contributed by atoms with Crippen molar-refractivity contribution in [1.29, 1.82) is 0 Å². The third-order valence-electron chi connectivity index (χ3n) is 9.42. The zero-order valence-electron chi connectivity index (χ0n) is 32.5. The molecule has 0 heterocycles. The van der Waals surface area contributed by atoms with Gasteiger partial charge in [-0.25, -0.2) is 0 Å². The summed E-state index contributed by atoms with van der Waals surface area (Å²) in [5.74, 6) is 0.823. The summed E-state index contributed by atoms with van der Waals surface area (Å²) in [6, 6.07) is 1.10. The minimum Gasteiger partial charge on any atom is -0.374 e. The van der Waals surface area contributed by atoms with E-state index in [1.54, 1.807) is 0 Å². The Labute approximate surface area is 300 Å². The highest BCUT2D eigenvalue weighted by Gasteiger charge is 2.40. The lowest BCUT2D eigenvalue weighted by molar-refractivity contribution is -0.111. The predicted molar refractivity (Wildman–Crippen MR) is 211 cm³/mol. The summed E-state index contributed by atoms with van der Waals surface area (Å²) in [6.45, 7) is 10.4. The van der Waals surface area contributed by atoms with E-state index >= 15 is 0 Å². The summed E-state index contributed by atoms with van der Waals surface area (Å²) in [4.78, 5) is 12.4. The van der Waals surface area contributed by atoms with Crippen molar-refractivity contribution in [2.75, 3.05) is 32.6 Å². The fourth-order valence-corrected chi connectivity index (χ4v) is 10.1. The van der Waals surface area contributed by atoms with Crippen LogP contribution in [0, 0.1) is 0 Å². The topological polar surface area (TPSA) is 56.8 Å². The molecule has 0 fully saturated rings. The molecule has 5 nitrogen and oxygen atoms in total. The highest BCUT2D eigenvalue weighted by atomic mass is 32.2. The lowest BCUT2D eigenvalue weighted by Crippen LogP contribution is -2.48. The molecule has 47 heavy (non-hydrogen) atoms. The Kier molecular flexibility index (Phi) is 37.4. The number of likely N-dealkylation sites (N-methyl/N-ethyl adjacent to an activating group) is 1. The van der Waals surface area contributed by atoms with E-state index in [0.717, 1.165) is 31.1 Å². The van der Waals surface area contributed by atoms with E-state index in [1.165, 1.54) is 166 Å². The first-order valence-corrected chi connectivity index (χ1v) is 23.7. The lowest BCUT2D eigenvalue weighted by Gasteiger charge is -2.30. The molecular weight excluding hydrogens is 619 g/mol. The zero-order valence-corrected chi connectivity index (χ0v) is 34.3. The second kappa shape index (κ2) is 37.3. The molecule has 0 saturated heterocycles. The normalized spacial score (nSPS) is 12.6. The van der Waals surface area contributed by atoms with Gasteiger partial charge in [0.05, 0.1) is 6.61 Å². The van der Waals surface area contributed by atoms with Crippen LogP contribution in [0.2, 0.25) is 6.04 Å². The second-order valence-corrected chi connectivity index (χ2v) is 17.7. The average molecular weight is 702 g/mol. The van der Waals surface area contributed by atoms with Crippen LogP contribution in [0.25, 0.3) is 0 Å². The van der Waals surface area contributed by atoms with Gasteiger partial charge in [-0.15, -0.1) is 0 Å². The molecule has 0 aromatic rings. The van der Waals surface area contributed by atoms with Crippen molar-refractivity contribution in [3.63, 3.8) is 0 Å². The van der Waals surface area contributed by atoms with Crippen LogP contribution < -0.4 is 5.32 Å². The smallest absolute Gasteiger partial charge is 0.374 e.